The number of carbonyl (C=O) groups is 3. The van der Waals surface area contributed by atoms with Crippen LogP contribution in [0.25, 0.3) is 0 Å². The molecule has 0 aliphatic rings. The first-order chi connectivity index (χ1) is 27.4. The third-order valence-electron chi connectivity index (χ3n) is 10.0. The maximum absolute atomic E-state index is 12.0. The van der Waals surface area contributed by atoms with Crippen LogP contribution in [-0.2, 0) is 37.5 Å². The molecule has 340 valence electrons. The molecule has 0 aromatic carbocycles. The minimum absolute atomic E-state index is 0.0183. The average molecular weight is 836 g/mol. The molecule has 0 aromatic rings. The number of unbranched alkanes of at least 4 members (excludes halogenated alkanes) is 28. The Morgan fingerprint density at radius 2 is 0.912 bits per heavy atom. The molecule has 0 amide bonds. The van der Waals surface area contributed by atoms with Gasteiger partial charge in [0.1, 0.15) is 19.8 Å². The van der Waals surface area contributed by atoms with E-state index in [-0.39, 0.29) is 19.6 Å². The molecule has 0 saturated heterocycles. The Bertz CT molecular complexity index is 951. The minimum atomic E-state index is -4.53. The molecule has 2 atom stereocenters. The molecule has 2 N–H and O–H groups in total. The number of carbonyl (C=O) groups excluding carboxylic acids is 2. The smallest absolute Gasteiger partial charge is 0.305 e. The molecule has 2 unspecified atom stereocenters. The van der Waals surface area contributed by atoms with Crippen molar-refractivity contribution in [1.82, 2.24) is 0 Å². The second-order valence-corrected chi connectivity index (χ2v) is 17.7. The lowest BCUT2D eigenvalue weighted by molar-refractivity contribution is -0.858. The van der Waals surface area contributed by atoms with Gasteiger partial charge in [0.15, 0.2) is 6.10 Å². The van der Waals surface area contributed by atoms with Crippen LogP contribution in [0.2, 0.25) is 0 Å². The largest absolute Gasteiger partial charge is 0.756 e. The molecule has 0 saturated carbocycles. The predicted molar refractivity (Wildman–Crippen MR) is 230 cm³/mol. The third kappa shape index (κ3) is 50.6. The molecule has 0 rings (SSSR count). The van der Waals surface area contributed by atoms with Crippen molar-refractivity contribution < 1.29 is 52.4 Å². The quantitative estimate of drug-likeness (QED) is 0.0345. The molecule has 0 heterocycles. The number of ether oxygens (including phenoxy) is 2. The van der Waals surface area contributed by atoms with Gasteiger partial charge in [0.25, 0.3) is 7.82 Å². The van der Waals surface area contributed by atoms with Crippen molar-refractivity contribution in [3.05, 3.63) is 0 Å². The number of hydrogen-bond acceptors (Lipinski definition) is 9. The van der Waals surface area contributed by atoms with Gasteiger partial charge in [-0.25, -0.2) is 0 Å². The first-order valence-electron chi connectivity index (χ1n) is 23.4. The predicted octanol–water partition coefficient (Wildman–Crippen LogP) is 10.7. The highest BCUT2D eigenvalue weighted by Crippen LogP contribution is 2.38. The van der Waals surface area contributed by atoms with Gasteiger partial charge in [-0.05, 0) is 12.8 Å². The zero-order valence-corrected chi connectivity index (χ0v) is 38.5. The molecule has 57 heavy (non-hydrogen) atoms. The fourth-order valence-electron chi connectivity index (χ4n) is 6.47. The van der Waals surface area contributed by atoms with Crippen LogP contribution in [0.5, 0.6) is 0 Å². The third-order valence-corrected chi connectivity index (χ3v) is 11.0. The number of esters is 2. The van der Waals surface area contributed by atoms with E-state index in [2.05, 4.69) is 13.8 Å². The maximum atomic E-state index is 12.0. The Morgan fingerprint density at radius 1 is 0.561 bits per heavy atom. The molecule has 11 nitrogen and oxygen atoms in total. The molecular formula is C45H90NO10P. The van der Waals surface area contributed by atoms with Gasteiger partial charge in [0.05, 0.1) is 20.7 Å². The fourth-order valence-corrected chi connectivity index (χ4v) is 7.21. The summed E-state index contributed by atoms with van der Waals surface area (Å²) in [4.78, 5) is 46.5. The first-order valence-corrected chi connectivity index (χ1v) is 24.8. The number of phosphoric ester groups is 1. The number of hydrogen-bond donors (Lipinski definition) is 2. The van der Waals surface area contributed by atoms with E-state index in [4.69, 9.17) is 23.6 Å². The maximum Gasteiger partial charge on any atom is 0.305 e. The van der Waals surface area contributed by atoms with E-state index in [0.29, 0.717) is 13.0 Å². The summed E-state index contributed by atoms with van der Waals surface area (Å²) in [7, 11) is -0.804. The van der Waals surface area contributed by atoms with Crippen LogP contribution in [0.4, 0.5) is 0 Å². The van der Waals surface area contributed by atoms with E-state index in [1.54, 1.807) is 0 Å². The van der Waals surface area contributed by atoms with Crippen LogP contribution in [0.3, 0.4) is 0 Å². The monoisotopic (exact) mass is 836 g/mol. The van der Waals surface area contributed by atoms with Crippen LogP contribution in [0.15, 0.2) is 0 Å². The summed E-state index contributed by atoms with van der Waals surface area (Å²) in [5.41, 5.74) is 0. The Morgan fingerprint density at radius 3 is 1.25 bits per heavy atom. The van der Waals surface area contributed by atoms with Gasteiger partial charge in [-0.1, -0.05) is 194 Å². The van der Waals surface area contributed by atoms with Crippen LogP contribution in [0, 0.1) is 0 Å². The van der Waals surface area contributed by atoms with Crippen molar-refractivity contribution in [2.24, 2.45) is 0 Å². The highest BCUT2D eigenvalue weighted by Gasteiger charge is 2.20. The summed E-state index contributed by atoms with van der Waals surface area (Å²) in [6.07, 6.45) is 38.2. The SMILES string of the molecule is CCCCCCCCCCCCCCCCCC(=O)O.CCCCCCCCCCCCCCCCCC(=O)OCC(COP(=O)([O-])OCC[NH+](C)C)OC(C)=O. The molecule has 0 aliphatic heterocycles. The summed E-state index contributed by atoms with van der Waals surface area (Å²) in [6, 6.07) is 0. The lowest BCUT2D eigenvalue weighted by atomic mass is 10.0. The highest BCUT2D eigenvalue weighted by atomic mass is 31.2. The van der Waals surface area contributed by atoms with E-state index in [0.717, 1.165) is 37.0 Å². The van der Waals surface area contributed by atoms with Crippen LogP contribution in [0.1, 0.15) is 226 Å². The molecular weight excluding hydrogens is 745 g/mol. The molecule has 0 spiro atoms. The number of phosphoric acid groups is 1. The summed E-state index contributed by atoms with van der Waals surface area (Å²) in [6.45, 7) is 5.45. The van der Waals surface area contributed by atoms with Gasteiger partial charge in [-0.15, -0.1) is 0 Å². The second-order valence-electron chi connectivity index (χ2n) is 16.2. The van der Waals surface area contributed by atoms with Crippen molar-refractivity contribution >= 4 is 25.7 Å². The van der Waals surface area contributed by atoms with Gasteiger partial charge in [-0.2, -0.15) is 0 Å². The Labute approximate surface area is 350 Å². The van der Waals surface area contributed by atoms with Crippen molar-refractivity contribution in [3.63, 3.8) is 0 Å². The molecule has 0 bridgehead atoms. The van der Waals surface area contributed by atoms with Crippen molar-refractivity contribution in [2.45, 2.75) is 232 Å². The van der Waals surface area contributed by atoms with Crippen molar-refractivity contribution in [1.29, 1.82) is 0 Å². The Kier molecular flexibility index (Phi) is 44.5. The van der Waals surface area contributed by atoms with Gasteiger partial charge >= 0.3 is 17.9 Å². The average Bonchev–Trinajstić information content (AvgIpc) is 3.15. The number of aliphatic carboxylic acids is 1. The Hall–Kier alpha value is -1.52. The summed E-state index contributed by atoms with van der Waals surface area (Å²) >= 11 is 0. The van der Waals surface area contributed by atoms with E-state index in [1.807, 2.05) is 14.1 Å². The van der Waals surface area contributed by atoms with Crippen LogP contribution < -0.4 is 9.79 Å². The Balaban J connectivity index is 0. The zero-order valence-electron chi connectivity index (χ0n) is 37.6. The van der Waals surface area contributed by atoms with Crippen LogP contribution in [-0.4, -0.2) is 69.6 Å². The number of rotatable bonds is 42. The first kappa shape index (κ1) is 57.6. The number of carboxylic acids is 1. The summed E-state index contributed by atoms with van der Waals surface area (Å²) in [5, 5.41) is 8.52. The highest BCUT2D eigenvalue weighted by molar-refractivity contribution is 7.45. The second kappa shape index (κ2) is 44.0. The molecule has 0 aliphatic carbocycles. The lowest BCUT2D eigenvalue weighted by Gasteiger charge is -2.25. The van der Waals surface area contributed by atoms with E-state index < -0.39 is 38.4 Å². The molecule has 0 aromatic heterocycles. The standard InChI is InChI=1S/C27H54NO8P.C18H36O2/c1-5-6-7-8-9-10-11-12-13-14-15-16-17-18-19-20-27(30)33-23-26(36-25(2)29)24-35-37(31,32)34-22-21-28(3)4;1-2-3-4-5-6-7-8-9-10-11-12-13-14-15-16-17-18(19)20/h26H,5-24H2,1-4H3,(H,31,32);2-17H2,1H3,(H,19,20). The molecule has 0 radical (unpaired) electrons. The van der Waals surface area contributed by atoms with Crippen molar-refractivity contribution in [3.8, 4) is 0 Å². The normalized spacial score (nSPS) is 12.8. The molecule has 0 fully saturated rings. The zero-order chi connectivity index (χ0) is 42.7. The number of quaternary nitrogens is 1. The molecule has 12 heteroatoms. The number of likely N-dealkylation sites (N-methyl/N-ethyl adjacent to an activating group) is 1. The van der Waals surface area contributed by atoms with E-state index >= 15 is 0 Å². The number of nitrogens with one attached hydrogen (secondary N) is 1. The minimum Gasteiger partial charge on any atom is -0.756 e. The number of carboxylic acid groups (broad SMARTS) is 1. The van der Waals surface area contributed by atoms with E-state index in [9.17, 15) is 23.8 Å². The summed E-state index contributed by atoms with van der Waals surface area (Å²) in [5.74, 6) is -1.67. The topological polar surface area (TPSA) is 153 Å². The van der Waals surface area contributed by atoms with Gasteiger partial charge in [-0.3, -0.25) is 18.9 Å². The van der Waals surface area contributed by atoms with Gasteiger partial charge in [0.2, 0.25) is 0 Å². The van der Waals surface area contributed by atoms with E-state index in [1.165, 1.54) is 167 Å². The van der Waals surface area contributed by atoms with Crippen LogP contribution >= 0.6 is 7.82 Å². The fraction of sp³-hybridized carbons (Fsp3) is 0.933. The lowest BCUT2D eigenvalue weighted by Crippen LogP contribution is -3.06. The van der Waals surface area contributed by atoms with Gasteiger partial charge < -0.3 is 33.4 Å². The van der Waals surface area contributed by atoms with Crippen molar-refractivity contribution in [2.75, 3.05) is 40.5 Å². The summed E-state index contributed by atoms with van der Waals surface area (Å²) < 4.78 is 31.6. The van der Waals surface area contributed by atoms with Gasteiger partial charge in [0, 0.05) is 19.8 Å².